The van der Waals surface area contributed by atoms with Crippen LogP contribution in [-0.2, 0) is 11.3 Å². The molecule has 4 aromatic rings. The van der Waals surface area contributed by atoms with Crippen molar-refractivity contribution in [2.24, 2.45) is 0 Å². The predicted octanol–water partition coefficient (Wildman–Crippen LogP) is 2.71. The van der Waals surface area contributed by atoms with E-state index < -0.39 is 5.91 Å². The molecule has 0 radical (unpaired) electrons. The monoisotopic (exact) mass is 350 g/mol. The zero-order chi connectivity index (χ0) is 17.4. The minimum Gasteiger partial charge on any atom is -0.443 e. The van der Waals surface area contributed by atoms with E-state index in [0.717, 1.165) is 0 Å². The molecule has 3 heterocycles. The number of para-hydroxylation sites is 1. The van der Waals surface area contributed by atoms with E-state index in [0.29, 0.717) is 26.9 Å². The number of anilines is 1. The van der Waals surface area contributed by atoms with Gasteiger partial charge in [0.1, 0.15) is 28.7 Å². The minimum atomic E-state index is -0.443. The van der Waals surface area contributed by atoms with Gasteiger partial charge in [0.2, 0.25) is 11.7 Å². The highest BCUT2D eigenvalue weighted by Crippen LogP contribution is 2.30. The number of furan rings is 1. The van der Waals surface area contributed by atoms with E-state index in [1.807, 2.05) is 6.07 Å². The summed E-state index contributed by atoms with van der Waals surface area (Å²) in [6, 6.07) is 10.6. The van der Waals surface area contributed by atoms with Gasteiger partial charge in [-0.05, 0) is 23.6 Å². The van der Waals surface area contributed by atoms with E-state index in [1.54, 1.807) is 35.7 Å². The smallest absolute Gasteiger partial charge is 0.262 e. The molecule has 0 bridgehead atoms. The third kappa shape index (κ3) is 2.56. The molecule has 0 aliphatic heterocycles. The van der Waals surface area contributed by atoms with Crippen molar-refractivity contribution in [2.45, 2.75) is 6.54 Å². The first kappa shape index (κ1) is 15.1. The summed E-state index contributed by atoms with van der Waals surface area (Å²) in [5.74, 6) is -0.421. The molecule has 0 aliphatic carbocycles. The number of hydrogen-bond acceptors (Lipinski definition) is 6. The lowest BCUT2D eigenvalue weighted by atomic mass is 10.2. The highest BCUT2D eigenvalue weighted by atomic mass is 32.1. The molecule has 4 rings (SSSR count). The van der Waals surface area contributed by atoms with Crippen LogP contribution in [0, 0.1) is 11.3 Å². The number of carbonyl (C=O) groups excluding carboxylic acids is 1. The van der Waals surface area contributed by atoms with E-state index >= 15 is 0 Å². The molecule has 0 spiro atoms. The number of fused-ring (bicyclic) bond motifs is 2. The molecular formula is C17H10N4O3S. The van der Waals surface area contributed by atoms with Crippen LogP contribution in [0.3, 0.4) is 0 Å². The Bertz CT molecular complexity index is 1210. The molecule has 1 N–H and O–H groups in total. The van der Waals surface area contributed by atoms with Gasteiger partial charge in [-0.15, -0.1) is 11.3 Å². The van der Waals surface area contributed by atoms with Crippen LogP contribution in [0.5, 0.6) is 0 Å². The molecule has 122 valence electrons. The Morgan fingerprint density at radius 2 is 2.16 bits per heavy atom. The van der Waals surface area contributed by atoms with Gasteiger partial charge in [0, 0.05) is 5.39 Å². The van der Waals surface area contributed by atoms with E-state index in [4.69, 9.17) is 4.42 Å². The Morgan fingerprint density at radius 3 is 3.00 bits per heavy atom. The maximum atomic E-state index is 12.4. The zero-order valence-electron chi connectivity index (χ0n) is 12.7. The molecule has 0 saturated heterocycles. The quantitative estimate of drug-likeness (QED) is 0.612. The summed E-state index contributed by atoms with van der Waals surface area (Å²) in [7, 11) is 0. The summed E-state index contributed by atoms with van der Waals surface area (Å²) in [6.07, 6.45) is 1.35. The molecule has 3 aromatic heterocycles. The molecule has 1 amide bonds. The number of nitriles is 1. The molecular weight excluding hydrogens is 340 g/mol. The van der Waals surface area contributed by atoms with Crippen LogP contribution in [0.15, 0.2) is 51.3 Å². The van der Waals surface area contributed by atoms with Crippen LogP contribution in [0.25, 0.3) is 21.2 Å². The van der Waals surface area contributed by atoms with Gasteiger partial charge < -0.3 is 9.73 Å². The average molecular weight is 350 g/mol. The van der Waals surface area contributed by atoms with Gasteiger partial charge in [0.25, 0.3) is 5.56 Å². The van der Waals surface area contributed by atoms with Crippen LogP contribution in [0.1, 0.15) is 5.76 Å². The third-order valence-electron chi connectivity index (χ3n) is 3.73. The Kier molecular flexibility index (Phi) is 3.56. The predicted molar refractivity (Wildman–Crippen MR) is 93.4 cm³/mol. The van der Waals surface area contributed by atoms with Crippen molar-refractivity contribution in [1.29, 1.82) is 5.26 Å². The van der Waals surface area contributed by atoms with Crippen LogP contribution in [-0.4, -0.2) is 15.5 Å². The summed E-state index contributed by atoms with van der Waals surface area (Å²) in [4.78, 5) is 29.5. The number of rotatable bonds is 3. The molecule has 0 atom stereocenters. The van der Waals surface area contributed by atoms with E-state index in [1.165, 1.54) is 22.2 Å². The van der Waals surface area contributed by atoms with E-state index in [-0.39, 0.29) is 17.9 Å². The molecule has 0 fully saturated rings. The van der Waals surface area contributed by atoms with E-state index in [9.17, 15) is 14.9 Å². The standard InChI is InChI=1S/C17H10N4O3S/c18-7-13-15(10-3-1-2-4-12(10)24-13)20-14(22)8-21-9-19-16-11(17(21)23)5-6-25-16/h1-6,9H,8H2,(H,20,22). The number of nitrogens with zero attached hydrogens (tertiary/aromatic N) is 3. The molecule has 1 aromatic carbocycles. The largest absolute Gasteiger partial charge is 0.443 e. The highest BCUT2D eigenvalue weighted by molar-refractivity contribution is 7.16. The lowest BCUT2D eigenvalue weighted by Gasteiger charge is -2.06. The van der Waals surface area contributed by atoms with Crippen molar-refractivity contribution < 1.29 is 9.21 Å². The second-order valence-electron chi connectivity index (χ2n) is 5.28. The van der Waals surface area contributed by atoms with Gasteiger partial charge in [-0.25, -0.2) is 4.98 Å². The fourth-order valence-electron chi connectivity index (χ4n) is 2.59. The van der Waals surface area contributed by atoms with Gasteiger partial charge >= 0.3 is 0 Å². The number of hydrogen-bond donors (Lipinski definition) is 1. The van der Waals surface area contributed by atoms with Crippen molar-refractivity contribution in [3.8, 4) is 6.07 Å². The second-order valence-corrected chi connectivity index (χ2v) is 6.17. The molecule has 0 saturated carbocycles. The van der Waals surface area contributed by atoms with Crippen molar-refractivity contribution >= 4 is 44.1 Å². The lowest BCUT2D eigenvalue weighted by molar-refractivity contribution is -0.116. The molecule has 0 unspecified atom stereocenters. The molecule has 7 nitrogen and oxygen atoms in total. The number of amides is 1. The van der Waals surface area contributed by atoms with Crippen LogP contribution in [0.4, 0.5) is 5.69 Å². The Morgan fingerprint density at radius 1 is 1.32 bits per heavy atom. The summed E-state index contributed by atoms with van der Waals surface area (Å²) < 4.78 is 6.65. The Balaban J connectivity index is 1.65. The van der Waals surface area contributed by atoms with Crippen LogP contribution < -0.4 is 10.9 Å². The summed E-state index contributed by atoms with van der Waals surface area (Å²) in [5, 5.41) is 14.8. The second kappa shape index (κ2) is 5.89. The van der Waals surface area contributed by atoms with E-state index in [2.05, 4.69) is 10.3 Å². The first-order valence-corrected chi connectivity index (χ1v) is 8.19. The number of thiophene rings is 1. The normalized spacial score (nSPS) is 10.8. The number of benzene rings is 1. The van der Waals surface area contributed by atoms with Crippen molar-refractivity contribution in [3.05, 3.63) is 58.2 Å². The summed E-state index contributed by atoms with van der Waals surface area (Å²) >= 11 is 1.37. The van der Waals surface area contributed by atoms with Gasteiger partial charge in [0.05, 0.1) is 11.7 Å². The summed E-state index contributed by atoms with van der Waals surface area (Å²) in [5.41, 5.74) is 0.535. The highest BCUT2D eigenvalue weighted by Gasteiger charge is 2.17. The number of nitrogens with one attached hydrogen (secondary N) is 1. The first-order valence-electron chi connectivity index (χ1n) is 7.31. The molecule has 25 heavy (non-hydrogen) atoms. The third-order valence-corrected chi connectivity index (χ3v) is 4.55. The topological polar surface area (TPSA) is 101 Å². The van der Waals surface area contributed by atoms with Crippen molar-refractivity contribution in [1.82, 2.24) is 9.55 Å². The Hall–Kier alpha value is -3.44. The fourth-order valence-corrected chi connectivity index (χ4v) is 3.31. The van der Waals surface area contributed by atoms with Gasteiger partial charge in [0.15, 0.2) is 0 Å². The van der Waals surface area contributed by atoms with Crippen molar-refractivity contribution in [2.75, 3.05) is 5.32 Å². The minimum absolute atomic E-state index is 0.0216. The lowest BCUT2D eigenvalue weighted by Crippen LogP contribution is -2.27. The first-order chi connectivity index (χ1) is 12.2. The molecule has 0 aliphatic rings. The Labute approximate surface area is 144 Å². The van der Waals surface area contributed by atoms with Gasteiger partial charge in [-0.3, -0.25) is 14.2 Å². The van der Waals surface area contributed by atoms with Gasteiger partial charge in [-0.1, -0.05) is 12.1 Å². The van der Waals surface area contributed by atoms with Crippen LogP contribution >= 0.6 is 11.3 Å². The molecule has 8 heteroatoms. The number of carbonyl (C=O) groups is 1. The zero-order valence-corrected chi connectivity index (χ0v) is 13.5. The SMILES string of the molecule is N#Cc1oc2ccccc2c1NC(=O)Cn1cnc2sccc2c1=O. The van der Waals surface area contributed by atoms with Crippen LogP contribution in [0.2, 0.25) is 0 Å². The maximum Gasteiger partial charge on any atom is 0.262 e. The summed E-state index contributed by atoms with van der Waals surface area (Å²) in [6.45, 7) is -0.206. The van der Waals surface area contributed by atoms with Gasteiger partial charge in [-0.2, -0.15) is 5.26 Å². The maximum absolute atomic E-state index is 12.4. The van der Waals surface area contributed by atoms with Crippen molar-refractivity contribution in [3.63, 3.8) is 0 Å². The fraction of sp³-hybridized carbons (Fsp3) is 0.0588. The average Bonchev–Trinajstić information content (AvgIpc) is 3.23. The number of aromatic nitrogens is 2.